The van der Waals surface area contributed by atoms with Crippen molar-refractivity contribution in [3.8, 4) is 11.3 Å². The van der Waals surface area contributed by atoms with E-state index in [1.165, 1.54) is 54.6 Å². The molecule has 2 fully saturated rings. The Kier molecular flexibility index (Phi) is 10.5. The largest absolute Gasteiger partial charge is 0.416 e. The molecule has 0 bridgehead atoms. The van der Waals surface area contributed by atoms with Crippen LogP contribution in [-0.2, 0) is 27.3 Å². The number of amides is 1. The van der Waals surface area contributed by atoms with E-state index in [-0.39, 0.29) is 56.3 Å². The maximum Gasteiger partial charge on any atom is 0.416 e. The van der Waals surface area contributed by atoms with Crippen molar-refractivity contribution in [1.82, 2.24) is 20.1 Å². The number of carbonyl (C=O) groups is 1. The van der Waals surface area contributed by atoms with Gasteiger partial charge in [0.05, 0.1) is 40.4 Å². The fraction of sp³-hybridized carbons (Fsp3) is 0.389. The molecule has 8 nitrogen and oxygen atoms in total. The number of carbonyl (C=O) groups excluding carboxylic acids is 1. The number of piperidine rings is 1. The minimum Gasteiger partial charge on any atom is -0.379 e. The molecule has 3 heterocycles. The van der Waals surface area contributed by atoms with Gasteiger partial charge in [-0.05, 0) is 49.7 Å². The summed E-state index contributed by atoms with van der Waals surface area (Å²) in [6.45, 7) is 4.00. The standard InChI is InChI=1S/C36H36F6N4O4S/c1-51(48,49)29-9-5-8-27-30(34(47)44-33(36(40,41)42)24-6-3-2-4-7-24)28(22-45-16-14-26(15-17-45)46-18-20-50-21-19-46)31(43-32(27)29)23-10-12-25(13-11-23)35(37,38)39/h2-13,26,33H,14-22H2,1H3,(H,44,47)/t33-/m1/s1. The summed E-state index contributed by atoms with van der Waals surface area (Å²) in [5.74, 6) is -1.13. The number of halogens is 6. The fourth-order valence-electron chi connectivity index (χ4n) is 6.88. The van der Waals surface area contributed by atoms with Crippen molar-refractivity contribution in [3.05, 3.63) is 95.1 Å². The molecule has 15 heteroatoms. The number of pyridine rings is 1. The molecule has 3 aromatic carbocycles. The summed E-state index contributed by atoms with van der Waals surface area (Å²) in [5.41, 5.74) is -1.28. The molecule has 6 rings (SSSR count). The number of sulfone groups is 1. The normalized spacial score (nSPS) is 17.8. The van der Waals surface area contributed by atoms with Crippen LogP contribution in [0.25, 0.3) is 22.2 Å². The second-order valence-electron chi connectivity index (χ2n) is 12.8. The summed E-state index contributed by atoms with van der Waals surface area (Å²) >= 11 is 0. The van der Waals surface area contributed by atoms with E-state index in [1.807, 2.05) is 4.90 Å². The van der Waals surface area contributed by atoms with E-state index in [1.54, 1.807) is 6.07 Å². The van der Waals surface area contributed by atoms with Gasteiger partial charge >= 0.3 is 12.4 Å². The number of hydrogen-bond acceptors (Lipinski definition) is 7. The Hall–Kier alpha value is -4.05. The lowest BCUT2D eigenvalue weighted by molar-refractivity contribution is -0.155. The van der Waals surface area contributed by atoms with Gasteiger partial charge in [-0.15, -0.1) is 0 Å². The monoisotopic (exact) mass is 734 g/mol. The molecular formula is C36H36F6N4O4S. The highest BCUT2D eigenvalue weighted by Gasteiger charge is 2.43. The van der Waals surface area contributed by atoms with Crippen molar-refractivity contribution in [2.24, 2.45) is 0 Å². The minimum absolute atomic E-state index is 0.00160. The van der Waals surface area contributed by atoms with Crippen molar-refractivity contribution in [1.29, 1.82) is 0 Å². The summed E-state index contributed by atoms with van der Waals surface area (Å²) in [4.78, 5) is 23.1. The number of para-hydroxylation sites is 1. The second-order valence-corrected chi connectivity index (χ2v) is 14.8. The zero-order valence-electron chi connectivity index (χ0n) is 27.6. The average molecular weight is 735 g/mol. The van der Waals surface area contributed by atoms with E-state index in [2.05, 4.69) is 15.2 Å². The van der Waals surface area contributed by atoms with Crippen molar-refractivity contribution in [2.45, 2.75) is 48.7 Å². The van der Waals surface area contributed by atoms with Crippen LogP contribution in [0.1, 0.15) is 45.9 Å². The van der Waals surface area contributed by atoms with E-state index >= 15 is 0 Å². The number of aromatic nitrogens is 1. The van der Waals surface area contributed by atoms with Gasteiger partial charge in [0.15, 0.2) is 15.9 Å². The van der Waals surface area contributed by atoms with Gasteiger partial charge in [0.25, 0.3) is 5.91 Å². The highest BCUT2D eigenvalue weighted by atomic mass is 32.2. The van der Waals surface area contributed by atoms with Gasteiger partial charge in [0.1, 0.15) is 0 Å². The Morgan fingerprint density at radius 2 is 1.55 bits per heavy atom. The van der Waals surface area contributed by atoms with E-state index < -0.39 is 39.7 Å². The average Bonchev–Trinajstić information content (AvgIpc) is 3.09. The third-order valence-corrected chi connectivity index (χ3v) is 10.6. The van der Waals surface area contributed by atoms with Gasteiger partial charge in [-0.1, -0.05) is 54.6 Å². The predicted octanol–water partition coefficient (Wildman–Crippen LogP) is 6.65. The van der Waals surface area contributed by atoms with Crippen LogP contribution in [0.5, 0.6) is 0 Å². The van der Waals surface area contributed by atoms with E-state index in [9.17, 15) is 39.6 Å². The lowest BCUT2D eigenvalue weighted by atomic mass is 9.93. The number of likely N-dealkylation sites (tertiary alicyclic amines) is 1. The topological polar surface area (TPSA) is 91.8 Å². The van der Waals surface area contributed by atoms with Crippen LogP contribution >= 0.6 is 0 Å². The number of hydrogen-bond donors (Lipinski definition) is 1. The zero-order chi connectivity index (χ0) is 36.6. The maximum atomic E-state index is 14.5. The number of alkyl halides is 6. The van der Waals surface area contributed by atoms with Crippen molar-refractivity contribution >= 4 is 26.6 Å². The molecule has 0 unspecified atom stereocenters. The molecule has 2 aliphatic rings. The molecule has 1 aromatic heterocycles. The third-order valence-electron chi connectivity index (χ3n) is 9.43. The zero-order valence-corrected chi connectivity index (χ0v) is 28.4. The van der Waals surface area contributed by atoms with Crippen LogP contribution < -0.4 is 5.32 Å². The molecule has 1 amide bonds. The van der Waals surface area contributed by atoms with Crippen molar-refractivity contribution in [2.75, 3.05) is 45.6 Å². The Bertz CT molecular complexity index is 1980. The lowest BCUT2D eigenvalue weighted by Crippen LogP contribution is -2.48. The summed E-state index contributed by atoms with van der Waals surface area (Å²) in [5, 5.41) is 2.15. The number of fused-ring (bicyclic) bond motifs is 1. The van der Waals surface area contributed by atoms with Gasteiger partial charge in [0.2, 0.25) is 0 Å². The molecule has 51 heavy (non-hydrogen) atoms. The molecule has 272 valence electrons. The van der Waals surface area contributed by atoms with Gasteiger partial charge in [0, 0.05) is 48.4 Å². The first kappa shape index (κ1) is 36.7. The van der Waals surface area contributed by atoms with Gasteiger partial charge in [-0.25, -0.2) is 13.4 Å². The number of rotatable bonds is 8. The Balaban J connectivity index is 1.51. The van der Waals surface area contributed by atoms with Gasteiger partial charge in [-0.3, -0.25) is 14.6 Å². The van der Waals surface area contributed by atoms with Crippen LogP contribution in [0.3, 0.4) is 0 Å². The lowest BCUT2D eigenvalue weighted by Gasteiger charge is -2.40. The van der Waals surface area contributed by atoms with Gasteiger partial charge < -0.3 is 10.1 Å². The number of nitrogens with one attached hydrogen (secondary N) is 1. The van der Waals surface area contributed by atoms with Crippen LogP contribution in [0, 0.1) is 0 Å². The van der Waals surface area contributed by atoms with E-state index in [0.29, 0.717) is 26.3 Å². The third kappa shape index (κ3) is 8.21. The number of nitrogens with zero attached hydrogens (tertiary/aromatic N) is 3. The van der Waals surface area contributed by atoms with Crippen LogP contribution in [0.4, 0.5) is 26.3 Å². The number of benzene rings is 3. The Morgan fingerprint density at radius 3 is 2.14 bits per heavy atom. The SMILES string of the molecule is CS(=O)(=O)c1cccc2c(C(=O)N[C@H](c3ccccc3)C(F)(F)F)c(CN3CCC(N4CCOCC4)CC3)c(-c3ccc(C(F)(F)F)cc3)nc12. The molecule has 4 aromatic rings. The summed E-state index contributed by atoms with van der Waals surface area (Å²) in [6, 6.07) is 12.8. The minimum atomic E-state index is -4.91. The predicted molar refractivity (Wildman–Crippen MR) is 179 cm³/mol. The number of morpholine rings is 1. The van der Waals surface area contributed by atoms with Crippen LogP contribution in [-0.4, -0.2) is 87.0 Å². The van der Waals surface area contributed by atoms with Crippen LogP contribution in [0.15, 0.2) is 77.7 Å². The Morgan fingerprint density at radius 1 is 0.902 bits per heavy atom. The molecule has 2 saturated heterocycles. The smallest absolute Gasteiger partial charge is 0.379 e. The summed E-state index contributed by atoms with van der Waals surface area (Å²) in [7, 11) is -3.99. The highest BCUT2D eigenvalue weighted by molar-refractivity contribution is 7.91. The molecule has 0 aliphatic carbocycles. The first-order chi connectivity index (χ1) is 24.1. The van der Waals surface area contributed by atoms with Crippen LogP contribution in [0.2, 0.25) is 0 Å². The summed E-state index contributed by atoms with van der Waals surface area (Å²) < 4.78 is 116. The molecule has 0 spiro atoms. The quantitative estimate of drug-likeness (QED) is 0.203. The first-order valence-corrected chi connectivity index (χ1v) is 18.3. The molecule has 1 atom stereocenters. The van der Waals surface area contributed by atoms with Gasteiger partial charge in [-0.2, -0.15) is 26.3 Å². The second kappa shape index (κ2) is 14.5. The summed E-state index contributed by atoms with van der Waals surface area (Å²) in [6.07, 6.45) is -7.10. The maximum absolute atomic E-state index is 14.5. The molecule has 0 saturated carbocycles. The molecule has 1 N–H and O–H groups in total. The molecule has 0 radical (unpaired) electrons. The van der Waals surface area contributed by atoms with Crippen molar-refractivity contribution in [3.63, 3.8) is 0 Å². The Labute approximate surface area is 291 Å². The highest BCUT2D eigenvalue weighted by Crippen LogP contribution is 2.38. The van der Waals surface area contributed by atoms with Crippen molar-refractivity contribution < 1.29 is 44.3 Å². The fourth-order valence-corrected chi connectivity index (χ4v) is 7.71. The number of ether oxygens (including phenoxy) is 1. The first-order valence-electron chi connectivity index (χ1n) is 16.4. The molecular weight excluding hydrogens is 698 g/mol. The van der Waals surface area contributed by atoms with E-state index in [4.69, 9.17) is 4.74 Å². The molecule has 2 aliphatic heterocycles. The van der Waals surface area contributed by atoms with E-state index in [0.717, 1.165) is 44.3 Å².